The van der Waals surface area contributed by atoms with E-state index in [0.29, 0.717) is 17.7 Å². The summed E-state index contributed by atoms with van der Waals surface area (Å²) in [4.78, 5) is 24.4. The van der Waals surface area contributed by atoms with Crippen LogP contribution in [0.3, 0.4) is 0 Å². The molecule has 1 atom stereocenters. The third-order valence-electron chi connectivity index (χ3n) is 2.92. The molecule has 1 aliphatic heterocycles. The number of nitrogens with zero attached hydrogens (tertiary/aromatic N) is 1. The molecular formula is C12H13NO4. The Kier molecular flexibility index (Phi) is 2.85. The number of benzene rings is 1. The highest BCUT2D eigenvalue weighted by Gasteiger charge is 2.31. The fourth-order valence-electron chi connectivity index (χ4n) is 2.03. The summed E-state index contributed by atoms with van der Waals surface area (Å²) in [6.45, 7) is 0. The summed E-state index contributed by atoms with van der Waals surface area (Å²) in [5.74, 6) is -0.782. The molecule has 0 saturated carbocycles. The van der Waals surface area contributed by atoms with E-state index in [9.17, 15) is 14.7 Å². The van der Waals surface area contributed by atoms with Gasteiger partial charge in [0.1, 0.15) is 0 Å². The van der Waals surface area contributed by atoms with Crippen LogP contribution in [0.1, 0.15) is 17.2 Å². The molecule has 0 saturated heterocycles. The molecule has 5 heteroatoms. The molecule has 0 fully saturated rings. The van der Waals surface area contributed by atoms with Crippen molar-refractivity contribution < 1.29 is 19.4 Å². The molecule has 0 spiro atoms. The number of fused-ring (bicyclic) bond motifs is 1. The molecule has 2 rings (SSSR count). The molecule has 1 aromatic carbocycles. The van der Waals surface area contributed by atoms with Gasteiger partial charge in [0, 0.05) is 12.6 Å². The highest BCUT2D eigenvalue weighted by Crippen LogP contribution is 2.35. The van der Waals surface area contributed by atoms with Gasteiger partial charge in [0.15, 0.2) is 6.10 Å². The van der Waals surface area contributed by atoms with E-state index in [4.69, 9.17) is 0 Å². The van der Waals surface area contributed by atoms with Gasteiger partial charge in [-0.25, -0.2) is 4.79 Å². The van der Waals surface area contributed by atoms with E-state index < -0.39 is 12.1 Å². The van der Waals surface area contributed by atoms with Crippen LogP contribution in [0.2, 0.25) is 0 Å². The van der Waals surface area contributed by atoms with Crippen LogP contribution in [0.5, 0.6) is 0 Å². The average molecular weight is 235 g/mol. The van der Waals surface area contributed by atoms with Crippen LogP contribution in [0.25, 0.3) is 0 Å². The van der Waals surface area contributed by atoms with Gasteiger partial charge in [-0.05, 0) is 5.56 Å². The Morgan fingerprint density at radius 1 is 1.53 bits per heavy atom. The molecule has 0 aromatic heterocycles. The third-order valence-corrected chi connectivity index (χ3v) is 2.92. The molecular weight excluding hydrogens is 222 g/mol. The first kappa shape index (κ1) is 11.6. The van der Waals surface area contributed by atoms with E-state index in [2.05, 4.69) is 4.74 Å². The predicted octanol–water partition coefficient (Wildman–Crippen LogP) is 0.412. The second-order valence-corrected chi connectivity index (χ2v) is 3.91. The Morgan fingerprint density at radius 2 is 2.24 bits per heavy atom. The normalized spacial score (nSPS) is 15.7. The van der Waals surface area contributed by atoms with E-state index >= 15 is 0 Å². The van der Waals surface area contributed by atoms with Crippen molar-refractivity contribution in [2.75, 3.05) is 19.1 Å². The maximum Gasteiger partial charge on any atom is 0.339 e. The van der Waals surface area contributed by atoms with Gasteiger partial charge in [-0.3, -0.25) is 4.79 Å². The van der Waals surface area contributed by atoms with Crippen LogP contribution >= 0.6 is 0 Å². The number of hydrogen-bond acceptors (Lipinski definition) is 4. The fraction of sp³-hybridized carbons (Fsp3) is 0.333. The van der Waals surface area contributed by atoms with Gasteiger partial charge in [-0.1, -0.05) is 18.2 Å². The van der Waals surface area contributed by atoms with E-state index in [-0.39, 0.29) is 5.91 Å². The summed E-state index contributed by atoms with van der Waals surface area (Å²) >= 11 is 0. The van der Waals surface area contributed by atoms with E-state index in [1.807, 2.05) is 6.07 Å². The molecule has 1 aliphatic rings. The number of amides is 1. The van der Waals surface area contributed by atoms with Crippen molar-refractivity contribution in [3.63, 3.8) is 0 Å². The maximum atomic E-state index is 11.6. The van der Waals surface area contributed by atoms with Crippen LogP contribution in [0.15, 0.2) is 18.2 Å². The SMILES string of the molecule is COC(=O)C(O)c1cccc2c1N(C)C(=O)C2. The van der Waals surface area contributed by atoms with Gasteiger partial charge >= 0.3 is 5.97 Å². The number of aliphatic hydroxyl groups is 1. The number of hydrogen-bond donors (Lipinski definition) is 1. The van der Waals surface area contributed by atoms with Gasteiger partial charge in [0.2, 0.25) is 5.91 Å². The molecule has 1 unspecified atom stereocenters. The molecule has 90 valence electrons. The van der Waals surface area contributed by atoms with Crippen LogP contribution in [0.4, 0.5) is 5.69 Å². The maximum absolute atomic E-state index is 11.6. The first-order valence-electron chi connectivity index (χ1n) is 5.20. The molecule has 1 aromatic rings. The van der Waals surface area contributed by atoms with Gasteiger partial charge in [-0.2, -0.15) is 0 Å². The summed E-state index contributed by atoms with van der Waals surface area (Å²) in [6, 6.07) is 5.15. The molecule has 1 heterocycles. The van der Waals surface area contributed by atoms with Gasteiger partial charge in [0.25, 0.3) is 0 Å². The number of carbonyl (C=O) groups is 2. The number of methoxy groups -OCH3 is 1. The second kappa shape index (κ2) is 4.18. The number of likely N-dealkylation sites (N-methyl/N-ethyl adjacent to an activating group) is 1. The quantitative estimate of drug-likeness (QED) is 0.754. The topological polar surface area (TPSA) is 66.8 Å². The van der Waals surface area contributed by atoms with Gasteiger partial charge in [0.05, 0.1) is 19.2 Å². The molecule has 5 nitrogen and oxygen atoms in total. The Balaban J connectivity index is 2.48. The summed E-state index contributed by atoms with van der Waals surface area (Å²) in [5.41, 5.74) is 1.83. The van der Waals surface area contributed by atoms with Crippen molar-refractivity contribution in [1.82, 2.24) is 0 Å². The number of rotatable bonds is 2. The zero-order chi connectivity index (χ0) is 12.6. The molecule has 1 N–H and O–H groups in total. The lowest BCUT2D eigenvalue weighted by atomic mass is 10.0. The Bertz CT molecular complexity index is 483. The Labute approximate surface area is 98.6 Å². The van der Waals surface area contributed by atoms with Crippen molar-refractivity contribution >= 4 is 17.6 Å². The van der Waals surface area contributed by atoms with Gasteiger partial charge in [-0.15, -0.1) is 0 Å². The standard InChI is InChI=1S/C12H13NO4/c1-13-9(14)6-7-4-3-5-8(10(7)13)11(15)12(16)17-2/h3-5,11,15H,6H2,1-2H3. The summed E-state index contributed by atoms with van der Waals surface area (Å²) in [6.07, 6.45) is -1.06. The smallest absolute Gasteiger partial charge is 0.339 e. The van der Waals surface area contributed by atoms with Crippen molar-refractivity contribution in [2.45, 2.75) is 12.5 Å². The molecule has 0 bridgehead atoms. The lowest BCUT2D eigenvalue weighted by Crippen LogP contribution is -2.23. The van der Waals surface area contributed by atoms with Crippen molar-refractivity contribution in [3.8, 4) is 0 Å². The van der Waals surface area contributed by atoms with Crippen LogP contribution < -0.4 is 4.90 Å². The van der Waals surface area contributed by atoms with Crippen molar-refractivity contribution in [1.29, 1.82) is 0 Å². The summed E-state index contributed by atoms with van der Waals surface area (Å²) in [5, 5.41) is 9.84. The first-order chi connectivity index (χ1) is 8.06. The highest BCUT2D eigenvalue weighted by molar-refractivity contribution is 6.02. The largest absolute Gasteiger partial charge is 0.467 e. The summed E-state index contributed by atoms with van der Waals surface area (Å²) in [7, 11) is 2.84. The lowest BCUT2D eigenvalue weighted by Gasteiger charge is -2.17. The molecule has 0 radical (unpaired) electrons. The van der Waals surface area contributed by atoms with Crippen molar-refractivity contribution in [3.05, 3.63) is 29.3 Å². The van der Waals surface area contributed by atoms with Crippen LogP contribution in [0, 0.1) is 0 Å². The first-order valence-corrected chi connectivity index (χ1v) is 5.20. The Morgan fingerprint density at radius 3 is 2.88 bits per heavy atom. The van der Waals surface area contributed by atoms with Crippen LogP contribution in [-0.2, 0) is 20.7 Å². The van der Waals surface area contributed by atoms with E-state index in [1.54, 1.807) is 19.2 Å². The number of esters is 1. The minimum atomic E-state index is -1.36. The zero-order valence-corrected chi connectivity index (χ0v) is 9.64. The minimum Gasteiger partial charge on any atom is -0.467 e. The minimum absolute atomic E-state index is 0.0514. The average Bonchev–Trinajstić information content (AvgIpc) is 2.63. The number of para-hydroxylation sites is 1. The number of carbonyl (C=O) groups excluding carboxylic acids is 2. The lowest BCUT2D eigenvalue weighted by molar-refractivity contribution is -0.150. The number of ether oxygens (including phenoxy) is 1. The van der Waals surface area contributed by atoms with Gasteiger partial charge < -0.3 is 14.7 Å². The molecule has 17 heavy (non-hydrogen) atoms. The highest BCUT2D eigenvalue weighted by atomic mass is 16.5. The third kappa shape index (κ3) is 1.78. The summed E-state index contributed by atoms with van der Waals surface area (Å²) < 4.78 is 4.50. The fourth-order valence-corrected chi connectivity index (χ4v) is 2.03. The van der Waals surface area contributed by atoms with Crippen LogP contribution in [-0.4, -0.2) is 31.1 Å². The number of anilines is 1. The predicted molar refractivity (Wildman–Crippen MR) is 60.5 cm³/mol. The molecule has 1 amide bonds. The number of aliphatic hydroxyl groups excluding tert-OH is 1. The zero-order valence-electron chi connectivity index (χ0n) is 9.64. The van der Waals surface area contributed by atoms with Crippen molar-refractivity contribution in [2.24, 2.45) is 0 Å². The van der Waals surface area contributed by atoms with E-state index in [0.717, 1.165) is 5.56 Å². The molecule has 0 aliphatic carbocycles. The second-order valence-electron chi connectivity index (χ2n) is 3.91. The monoisotopic (exact) mass is 235 g/mol. The van der Waals surface area contributed by atoms with E-state index in [1.165, 1.54) is 12.0 Å². The Hall–Kier alpha value is -1.88.